The molecule has 1 unspecified atom stereocenters. The van der Waals surface area contributed by atoms with Gasteiger partial charge in [0.15, 0.2) is 7.14 Å². The van der Waals surface area contributed by atoms with Crippen molar-refractivity contribution in [3.05, 3.63) is 101 Å². The molecule has 3 heteroatoms. The van der Waals surface area contributed by atoms with Crippen molar-refractivity contribution in [1.29, 1.82) is 0 Å². The summed E-state index contributed by atoms with van der Waals surface area (Å²) in [7, 11) is -1.17. The Bertz CT molecular complexity index is 1030. The maximum Gasteiger partial charge on any atom is 0.171 e. The molecule has 3 aromatic carbocycles. The van der Waals surface area contributed by atoms with Gasteiger partial charge >= 0.3 is 0 Å². The molecule has 0 aromatic heterocycles. The molecule has 0 radical (unpaired) electrons. The molecule has 0 saturated heterocycles. The molecule has 4 rings (SSSR count). The topological polar surface area (TPSA) is 26.3 Å². The van der Waals surface area contributed by atoms with Gasteiger partial charge in [0.05, 0.1) is 7.11 Å². The maximum atomic E-state index is 14.2. The Morgan fingerprint density at radius 1 is 0.808 bits per heavy atom. The van der Waals surface area contributed by atoms with Crippen LogP contribution in [0.2, 0.25) is 0 Å². The minimum absolute atomic E-state index is 0.824. The molecule has 2 nitrogen and oxygen atoms in total. The Balaban J connectivity index is 1.77. The number of allylic oxidation sites excluding steroid dienone is 2. The van der Waals surface area contributed by atoms with Crippen LogP contribution in [-0.2, 0) is 4.57 Å². The molecule has 26 heavy (non-hydrogen) atoms. The van der Waals surface area contributed by atoms with E-state index in [0.717, 1.165) is 32.8 Å². The van der Waals surface area contributed by atoms with E-state index in [1.54, 1.807) is 7.11 Å². The van der Waals surface area contributed by atoms with E-state index in [-0.39, 0.29) is 0 Å². The molecule has 0 amide bonds. The molecule has 0 spiro atoms. The predicted octanol–water partition coefficient (Wildman–Crippen LogP) is 5.08. The van der Waals surface area contributed by atoms with Gasteiger partial charge in [0.1, 0.15) is 5.75 Å². The van der Waals surface area contributed by atoms with E-state index < -0.39 is 7.14 Å². The van der Waals surface area contributed by atoms with E-state index >= 15 is 0 Å². The Hall–Kier alpha value is -2.83. The fraction of sp³-hybridized carbons (Fsp3) is 0.0435. The Kier molecular flexibility index (Phi) is 4.36. The number of ether oxygens (including phenoxy) is 1. The summed E-state index contributed by atoms with van der Waals surface area (Å²) in [5, 5.41) is 2.65. The average molecular weight is 358 g/mol. The molecule has 1 atom stereocenters. The second-order valence-electron chi connectivity index (χ2n) is 6.18. The highest BCUT2D eigenvalue weighted by Gasteiger charge is 2.36. The van der Waals surface area contributed by atoms with Gasteiger partial charge in [-0.2, -0.15) is 0 Å². The van der Waals surface area contributed by atoms with Crippen molar-refractivity contribution >= 4 is 29.9 Å². The van der Waals surface area contributed by atoms with Crippen LogP contribution in [0.15, 0.2) is 90.3 Å². The van der Waals surface area contributed by atoms with Crippen molar-refractivity contribution < 1.29 is 9.30 Å². The third-order valence-electron chi connectivity index (χ3n) is 4.63. The van der Waals surface area contributed by atoms with Crippen LogP contribution in [-0.4, -0.2) is 7.11 Å². The summed E-state index contributed by atoms with van der Waals surface area (Å²) in [5.74, 6) is 0.824. The Morgan fingerprint density at radius 2 is 1.50 bits per heavy atom. The lowest BCUT2D eigenvalue weighted by Crippen LogP contribution is -2.15. The largest absolute Gasteiger partial charge is 0.497 e. The van der Waals surface area contributed by atoms with Crippen molar-refractivity contribution in [3.63, 3.8) is 0 Å². The standard InChI is InChI=1S/C23H19O2P/c1-25-20-14-11-18(12-15-20)13-16-22-17-19-7-5-6-10-23(19)26(22,24)21-8-3-2-4-9-21/h2-17H,1H3/b16-13+. The molecule has 0 saturated carbocycles. The highest BCUT2D eigenvalue weighted by Crippen LogP contribution is 2.57. The van der Waals surface area contributed by atoms with Crippen LogP contribution in [0.4, 0.5) is 0 Å². The molecule has 1 aliphatic heterocycles. The van der Waals surface area contributed by atoms with Gasteiger partial charge in [-0.05, 0) is 29.3 Å². The first-order chi connectivity index (χ1) is 12.7. The molecule has 0 bridgehead atoms. The minimum Gasteiger partial charge on any atom is -0.497 e. The van der Waals surface area contributed by atoms with Crippen LogP contribution >= 0.6 is 7.14 Å². The molecule has 0 fully saturated rings. The summed E-state index contributed by atoms with van der Waals surface area (Å²) < 4.78 is 19.4. The van der Waals surface area contributed by atoms with Gasteiger partial charge in [-0.3, -0.25) is 0 Å². The van der Waals surface area contributed by atoms with Gasteiger partial charge < -0.3 is 9.30 Å². The monoisotopic (exact) mass is 358 g/mol. The number of benzene rings is 3. The quantitative estimate of drug-likeness (QED) is 0.608. The fourth-order valence-corrected chi connectivity index (χ4v) is 6.11. The molecule has 1 heterocycles. The maximum absolute atomic E-state index is 14.2. The third-order valence-corrected chi connectivity index (χ3v) is 7.74. The molecule has 128 valence electrons. The molecule has 3 aromatic rings. The number of hydrogen-bond donors (Lipinski definition) is 0. The molecular formula is C23H19O2P. The van der Waals surface area contributed by atoms with Crippen molar-refractivity contribution in [3.8, 4) is 5.75 Å². The third kappa shape index (κ3) is 2.83. The van der Waals surface area contributed by atoms with Crippen LogP contribution in [0.1, 0.15) is 11.1 Å². The van der Waals surface area contributed by atoms with Crippen LogP contribution in [0, 0.1) is 0 Å². The fourth-order valence-electron chi connectivity index (χ4n) is 3.26. The summed E-state index contributed by atoms with van der Waals surface area (Å²) in [5.41, 5.74) is 2.08. The Morgan fingerprint density at radius 3 is 2.23 bits per heavy atom. The predicted molar refractivity (Wildman–Crippen MR) is 110 cm³/mol. The molecular weight excluding hydrogens is 339 g/mol. The van der Waals surface area contributed by atoms with Crippen LogP contribution in [0.25, 0.3) is 12.2 Å². The smallest absolute Gasteiger partial charge is 0.171 e. The van der Waals surface area contributed by atoms with Gasteiger partial charge in [-0.25, -0.2) is 0 Å². The lowest BCUT2D eigenvalue weighted by atomic mass is 10.2. The number of methoxy groups -OCH3 is 1. The van der Waals surface area contributed by atoms with E-state index in [2.05, 4.69) is 0 Å². The zero-order chi connectivity index (χ0) is 18.0. The van der Waals surface area contributed by atoms with Crippen LogP contribution in [0.5, 0.6) is 5.75 Å². The van der Waals surface area contributed by atoms with E-state index in [1.165, 1.54) is 0 Å². The number of hydrogen-bond acceptors (Lipinski definition) is 2. The molecule has 1 aliphatic rings. The SMILES string of the molecule is COc1ccc(/C=C/C2=Cc3ccccc3P2(=O)c2ccccc2)cc1. The van der Waals surface area contributed by atoms with Gasteiger partial charge in [-0.1, -0.05) is 78.9 Å². The molecule has 0 N–H and O–H groups in total. The lowest BCUT2D eigenvalue weighted by molar-refractivity contribution is 0.415. The summed E-state index contributed by atoms with van der Waals surface area (Å²) in [4.78, 5) is 0. The van der Waals surface area contributed by atoms with E-state index in [0.29, 0.717) is 0 Å². The zero-order valence-corrected chi connectivity index (χ0v) is 15.4. The van der Waals surface area contributed by atoms with Crippen molar-refractivity contribution in [2.45, 2.75) is 0 Å². The van der Waals surface area contributed by atoms with Gasteiger partial charge in [0, 0.05) is 15.9 Å². The second-order valence-corrected chi connectivity index (χ2v) is 8.91. The van der Waals surface area contributed by atoms with Crippen molar-refractivity contribution in [2.75, 3.05) is 7.11 Å². The minimum atomic E-state index is -2.83. The van der Waals surface area contributed by atoms with Gasteiger partial charge in [0.25, 0.3) is 0 Å². The summed E-state index contributed by atoms with van der Waals surface area (Å²) >= 11 is 0. The van der Waals surface area contributed by atoms with Gasteiger partial charge in [-0.15, -0.1) is 0 Å². The zero-order valence-electron chi connectivity index (χ0n) is 14.5. The second kappa shape index (κ2) is 6.82. The molecule has 0 aliphatic carbocycles. The number of rotatable bonds is 4. The Labute approximate surface area is 153 Å². The normalized spacial score (nSPS) is 18.6. The van der Waals surface area contributed by atoms with E-state index in [1.807, 2.05) is 97.1 Å². The highest BCUT2D eigenvalue weighted by atomic mass is 31.2. The van der Waals surface area contributed by atoms with E-state index in [9.17, 15) is 4.57 Å². The summed E-state index contributed by atoms with van der Waals surface area (Å²) in [6.45, 7) is 0. The number of fused-ring (bicyclic) bond motifs is 1. The van der Waals surface area contributed by atoms with E-state index in [4.69, 9.17) is 4.74 Å². The van der Waals surface area contributed by atoms with Crippen molar-refractivity contribution in [2.24, 2.45) is 0 Å². The summed E-state index contributed by atoms with van der Waals surface area (Å²) in [6.07, 6.45) is 6.03. The lowest BCUT2D eigenvalue weighted by Gasteiger charge is -2.16. The highest BCUT2D eigenvalue weighted by molar-refractivity contribution is 7.83. The van der Waals surface area contributed by atoms with Gasteiger partial charge in [0.2, 0.25) is 0 Å². The average Bonchev–Trinajstić information content (AvgIpc) is 3.01. The summed E-state index contributed by atoms with van der Waals surface area (Å²) in [6, 6.07) is 25.5. The van der Waals surface area contributed by atoms with Crippen LogP contribution in [0.3, 0.4) is 0 Å². The van der Waals surface area contributed by atoms with Crippen LogP contribution < -0.4 is 15.3 Å². The first-order valence-corrected chi connectivity index (χ1v) is 10.2. The first-order valence-electron chi connectivity index (χ1n) is 8.51. The first kappa shape index (κ1) is 16.6. The van der Waals surface area contributed by atoms with Crippen molar-refractivity contribution in [1.82, 2.24) is 0 Å².